The summed E-state index contributed by atoms with van der Waals surface area (Å²) in [6.45, 7) is 1.84. The van der Waals surface area contributed by atoms with Crippen LogP contribution in [0.3, 0.4) is 0 Å². The van der Waals surface area contributed by atoms with Gasteiger partial charge in [0.25, 0.3) is 0 Å². The first-order valence-electron chi connectivity index (χ1n) is 10.7. The average molecular weight is 509 g/mol. The molecule has 1 aliphatic heterocycles. The number of aliphatic carboxylic acids is 1. The molecule has 2 heterocycles. The van der Waals surface area contributed by atoms with Crippen LogP contribution in [0.1, 0.15) is 5.56 Å². The van der Waals surface area contributed by atoms with Crippen LogP contribution >= 0.6 is 24.0 Å². The summed E-state index contributed by atoms with van der Waals surface area (Å²) in [5, 5.41) is 10.0. The van der Waals surface area contributed by atoms with Gasteiger partial charge in [-0.05, 0) is 5.56 Å². The maximum atomic E-state index is 12.8. The third-order valence-electron chi connectivity index (χ3n) is 5.55. The van der Waals surface area contributed by atoms with E-state index in [9.17, 15) is 14.7 Å². The predicted molar refractivity (Wildman–Crippen MR) is 129 cm³/mol. The first-order valence-corrected chi connectivity index (χ1v) is 11.1. The maximum Gasteiger partial charge on any atom is 0.323 e. The van der Waals surface area contributed by atoms with Gasteiger partial charge in [-0.2, -0.15) is 4.74 Å². The lowest BCUT2D eigenvalue weighted by Crippen LogP contribution is -2.55. The smallest absolute Gasteiger partial charge is 0.323 e. The molecule has 2 aromatic carbocycles. The number of hydrogen-bond donors (Lipinski definition) is 1. The number of rotatable bonds is 9. The molecule has 34 heavy (non-hydrogen) atoms. The molecule has 1 N–H and O–H groups in total. The number of carbonyl (C=O) groups is 1. The van der Waals surface area contributed by atoms with E-state index in [1.807, 2.05) is 48.5 Å². The van der Waals surface area contributed by atoms with Gasteiger partial charge in [0.1, 0.15) is 12.1 Å². The fourth-order valence-electron chi connectivity index (χ4n) is 3.88. The van der Waals surface area contributed by atoms with Crippen LogP contribution in [-0.2, 0) is 27.4 Å². The van der Waals surface area contributed by atoms with Gasteiger partial charge in [-0.25, -0.2) is 0 Å². The van der Waals surface area contributed by atoms with E-state index in [0.29, 0.717) is 31.9 Å². The van der Waals surface area contributed by atoms with Crippen LogP contribution in [0.15, 0.2) is 70.0 Å². The van der Waals surface area contributed by atoms with Gasteiger partial charge in [-0.3, -0.25) is 14.5 Å². The van der Waals surface area contributed by atoms with Crippen LogP contribution in [0, 0.1) is 0 Å². The predicted octanol–water partition coefficient (Wildman–Crippen LogP) is 3.55. The van der Waals surface area contributed by atoms with Crippen molar-refractivity contribution in [1.29, 1.82) is 0 Å². The van der Waals surface area contributed by atoms with E-state index in [2.05, 4.69) is 0 Å². The highest BCUT2D eigenvalue weighted by Gasteiger charge is 2.37. The second kappa shape index (κ2) is 12.2. The number of carboxylic acid groups (broad SMARTS) is 1. The Labute approximate surface area is 208 Å². The van der Waals surface area contributed by atoms with Gasteiger partial charge < -0.3 is 19.1 Å². The minimum absolute atomic E-state index is 0. The quantitative estimate of drug-likeness (QED) is 0.472. The van der Waals surface area contributed by atoms with Gasteiger partial charge >= 0.3 is 11.5 Å². The summed E-state index contributed by atoms with van der Waals surface area (Å²) in [5.41, 5.74) is 1.02. The summed E-state index contributed by atoms with van der Waals surface area (Å²) in [5.74, 6) is -0.800. The number of aromatic nitrogens is 1. The highest BCUT2D eigenvalue weighted by molar-refractivity contribution is 6.32. The molecular weight excluding hydrogens is 483 g/mol. The lowest BCUT2D eigenvalue weighted by Gasteiger charge is -2.36. The van der Waals surface area contributed by atoms with Crippen molar-refractivity contribution in [3.05, 3.63) is 81.6 Å². The Balaban J connectivity index is 0.00000324. The monoisotopic (exact) mass is 508 g/mol. The number of carboxylic acids is 1. The summed E-state index contributed by atoms with van der Waals surface area (Å²) >= 11 is 6.28. The Morgan fingerprint density at radius 2 is 1.68 bits per heavy atom. The molecule has 2 atom stereocenters. The van der Waals surface area contributed by atoms with Crippen molar-refractivity contribution >= 4 is 30.0 Å². The Morgan fingerprint density at radius 1 is 1.06 bits per heavy atom. The molecule has 4 rings (SSSR count). The molecule has 0 spiro atoms. The summed E-state index contributed by atoms with van der Waals surface area (Å²) < 4.78 is 18.3. The highest BCUT2D eigenvalue weighted by Crippen LogP contribution is 2.26. The van der Waals surface area contributed by atoms with Crippen molar-refractivity contribution in [1.82, 2.24) is 9.64 Å². The first kappa shape index (κ1) is 26.0. The van der Waals surface area contributed by atoms with E-state index < -0.39 is 23.7 Å². The standard InChI is InChI=1S/C24H25ClN2O6.ClH/c25-20-22(18-9-5-2-6-10-18)33-27(23(20)28)15-19(32-16-17-7-3-1-4-8-17)21(24(29)30)26-11-13-31-14-12-26;/h1-10,19,21H,11-16H2,(H,29,30);1H. The van der Waals surface area contributed by atoms with Gasteiger partial charge in [-0.1, -0.05) is 72.3 Å². The molecule has 1 aromatic heterocycles. The SMILES string of the molecule is Cl.O=C(O)C(C(Cn1oc(-c2ccccc2)c(Cl)c1=O)OCc1ccccc1)N1CCOCC1. The van der Waals surface area contributed by atoms with Gasteiger partial charge in [0, 0.05) is 18.7 Å². The average Bonchev–Trinajstić information content (AvgIpc) is 3.13. The van der Waals surface area contributed by atoms with E-state index >= 15 is 0 Å². The minimum atomic E-state index is -1.04. The normalized spacial score (nSPS) is 15.9. The molecule has 0 bridgehead atoms. The molecule has 0 radical (unpaired) electrons. The zero-order valence-electron chi connectivity index (χ0n) is 18.3. The molecule has 1 saturated heterocycles. The van der Waals surface area contributed by atoms with E-state index in [0.717, 1.165) is 10.3 Å². The van der Waals surface area contributed by atoms with Crippen molar-refractivity contribution in [2.75, 3.05) is 26.3 Å². The topological polar surface area (TPSA) is 94.1 Å². The zero-order valence-corrected chi connectivity index (χ0v) is 19.9. The van der Waals surface area contributed by atoms with Crippen molar-refractivity contribution in [2.24, 2.45) is 0 Å². The molecule has 8 nitrogen and oxygen atoms in total. The summed E-state index contributed by atoms with van der Waals surface area (Å²) in [4.78, 5) is 27.0. The molecule has 0 aliphatic carbocycles. The fraction of sp³-hybridized carbons (Fsp3) is 0.333. The maximum absolute atomic E-state index is 12.8. The molecular formula is C24H26Cl2N2O6. The van der Waals surface area contributed by atoms with Gasteiger partial charge in [0.2, 0.25) is 0 Å². The largest absolute Gasteiger partial charge is 0.480 e. The Bertz CT molecular complexity index is 1110. The molecule has 1 fully saturated rings. The fourth-order valence-corrected chi connectivity index (χ4v) is 4.12. The highest BCUT2D eigenvalue weighted by atomic mass is 35.5. The van der Waals surface area contributed by atoms with Crippen LogP contribution in [-0.4, -0.2) is 59.2 Å². The number of nitrogens with zero attached hydrogens (tertiary/aromatic N) is 2. The van der Waals surface area contributed by atoms with Crippen LogP contribution in [0.25, 0.3) is 11.3 Å². The molecule has 3 aromatic rings. The second-order valence-corrected chi connectivity index (χ2v) is 8.11. The van der Waals surface area contributed by atoms with Crippen LogP contribution in [0.5, 0.6) is 0 Å². The van der Waals surface area contributed by atoms with Crippen molar-refractivity contribution < 1.29 is 23.9 Å². The second-order valence-electron chi connectivity index (χ2n) is 7.73. The lowest BCUT2D eigenvalue weighted by molar-refractivity contribution is -0.155. The third-order valence-corrected chi connectivity index (χ3v) is 5.88. The molecule has 0 amide bonds. The minimum Gasteiger partial charge on any atom is -0.480 e. The number of ether oxygens (including phenoxy) is 2. The Kier molecular flexibility index (Phi) is 9.32. The van der Waals surface area contributed by atoms with Crippen molar-refractivity contribution in [2.45, 2.75) is 25.3 Å². The number of hydrogen-bond acceptors (Lipinski definition) is 6. The van der Waals surface area contributed by atoms with E-state index in [4.69, 9.17) is 25.6 Å². The van der Waals surface area contributed by atoms with E-state index in [-0.39, 0.29) is 36.3 Å². The van der Waals surface area contributed by atoms with Crippen molar-refractivity contribution in [3.63, 3.8) is 0 Å². The molecule has 1 aliphatic rings. The zero-order chi connectivity index (χ0) is 23.2. The third kappa shape index (κ3) is 6.08. The summed E-state index contributed by atoms with van der Waals surface area (Å²) in [7, 11) is 0. The summed E-state index contributed by atoms with van der Waals surface area (Å²) in [6, 6.07) is 17.5. The number of morpholine rings is 1. The number of benzene rings is 2. The molecule has 0 saturated carbocycles. The molecule has 182 valence electrons. The summed E-state index contributed by atoms with van der Waals surface area (Å²) in [6.07, 6.45) is -0.871. The first-order chi connectivity index (χ1) is 16.0. The Morgan fingerprint density at radius 3 is 2.29 bits per heavy atom. The lowest BCUT2D eigenvalue weighted by atomic mass is 10.1. The van der Waals surface area contributed by atoms with Gasteiger partial charge in [0.05, 0.1) is 26.4 Å². The van der Waals surface area contributed by atoms with Crippen LogP contribution < -0.4 is 5.56 Å². The van der Waals surface area contributed by atoms with Crippen LogP contribution in [0.4, 0.5) is 0 Å². The van der Waals surface area contributed by atoms with E-state index in [1.54, 1.807) is 17.0 Å². The number of halogens is 2. The van der Waals surface area contributed by atoms with Crippen molar-refractivity contribution in [3.8, 4) is 11.3 Å². The van der Waals surface area contributed by atoms with Gasteiger partial charge in [-0.15, -0.1) is 12.4 Å². The van der Waals surface area contributed by atoms with E-state index in [1.165, 1.54) is 0 Å². The Hall–Kier alpha value is -2.62. The van der Waals surface area contributed by atoms with Crippen LogP contribution in [0.2, 0.25) is 5.02 Å². The van der Waals surface area contributed by atoms with Gasteiger partial charge in [0.15, 0.2) is 10.8 Å². The molecule has 2 unspecified atom stereocenters. The molecule has 10 heteroatoms.